The summed E-state index contributed by atoms with van der Waals surface area (Å²) in [4.78, 5) is 13.5. The zero-order valence-electron chi connectivity index (χ0n) is 13.6. The molecule has 0 aliphatic carbocycles. The molecule has 1 aromatic rings. The molecule has 1 atom stereocenters. The van der Waals surface area contributed by atoms with Crippen LogP contribution in [-0.4, -0.2) is 57.6 Å². The minimum Gasteiger partial charge on any atom is -0.491 e. The lowest BCUT2D eigenvalue weighted by Gasteiger charge is -2.19. The summed E-state index contributed by atoms with van der Waals surface area (Å²) in [6.07, 6.45) is 0.628. The fraction of sp³-hybridized carbons (Fsp3) is 0.562. The number of aryl methyl sites for hydroxylation is 1. The predicted octanol–water partition coefficient (Wildman–Crippen LogP) is 1.45. The molecule has 1 N–H and O–H groups in total. The Morgan fingerprint density at radius 1 is 1.39 bits per heavy atom. The lowest BCUT2D eigenvalue weighted by molar-refractivity contribution is 0.194. The Labute approximate surface area is 137 Å². The van der Waals surface area contributed by atoms with Crippen molar-refractivity contribution in [2.45, 2.75) is 13.3 Å². The topological polar surface area (TPSA) is 75.7 Å². The molecule has 1 aliphatic rings. The Kier molecular flexibility index (Phi) is 5.87. The van der Waals surface area contributed by atoms with Crippen molar-refractivity contribution in [2.75, 3.05) is 38.2 Å². The maximum atomic E-state index is 12.0. The lowest BCUT2D eigenvalue weighted by atomic mass is 10.1. The van der Waals surface area contributed by atoms with E-state index in [0.717, 1.165) is 11.3 Å². The van der Waals surface area contributed by atoms with E-state index in [1.54, 1.807) is 11.9 Å². The normalized spacial score (nSPS) is 19.3. The number of carbonyl (C=O) groups excluding carboxylic acids is 1. The van der Waals surface area contributed by atoms with E-state index in [1.165, 1.54) is 0 Å². The first-order chi connectivity index (χ1) is 10.9. The van der Waals surface area contributed by atoms with Gasteiger partial charge in [-0.15, -0.1) is 0 Å². The maximum absolute atomic E-state index is 12.0. The molecule has 0 aromatic heterocycles. The number of sulfone groups is 1. The molecular weight excluding hydrogens is 316 g/mol. The highest BCUT2D eigenvalue weighted by atomic mass is 32.2. The summed E-state index contributed by atoms with van der Waals surface area (Å²) in [5.41, 5.74) is 1.06. The Bertz CT molecular complexity index is 645. The summed E-state index contributed by atoms with van der Waals surface area (Å²) in [5.74, 6) is 1.25. The number of urea groups is 1. The summed E-state index contributed by atoms with van der Waals surface area (Å²) in [7, 11) is -1.20. The SMILES string of the molecule is Cc1ccccc1OCCN(C)C(=O)NCC1CCS(=O)(=O)C1. The molecule has 2 amide bonds. The number of likely N-dealkylation sites (N-methyl/N-ethyl adjacent to an activating group) is 1. The van der Waals surface area contributed by atoms with E-state index in [-0.39, 0.29) is 23.5 Å². The van der Waals surface area contributed by atoms with E-state index in [4.69, 9.17) is 4.74 Å². The zero-order valence-corrected chi connectivity index (χ0v) is 14.4. The fourth-order valence-electron chi connectivity index (χ4n) is 2.51. The number of amides is 2. The Balaban J connectivity index is 1.68. The molecule has 2 rings (SSSR count). The Morgan fingerprint density at radius 3 is 2.78 bits per heavy atom. The first-order valence-electron chi connectivity index (χ1n) is 7.75. The highest BCUT2D eigenvalue weighted by Gasteiger charge is 2.28. The van der Waals surface area contributed by atoms with Crippen LogP contribution in [0.2, 0.25) is 0 Å². The molecule has 0 bridgehead atoms. The van der Waals surface area contributed by atoms with Gasteiger partial charge in [0.05, 0.1) is 18.1 Å². The molecule has 1 heterocycles. The van der Waals surface area contributed by atoms with Crippen LogP contribution in [-0.2, 0) is 9.84 Å². The summed E-state index contributed by atoms with van der Waals surface area (Å²) in [6, 6.07) is 7.53. The van der Waals surface area contributed by atoms with Crippen LogP contribution < -0.4 is 10.1 Å². The Hall–Kier alpha value is -1.76. The van der Waals surface area contributed by atoms with Crippen molar-refractivity contribution in [3.05, 3.63) is 29.8 Å². The molecule has 128 valence electrons. The van der Waals surface area contributed by atoms with Crippen molar-refractivity contribution in [1.29, 1.82) is 0 Å². The molecule has 0 spiro atoms. The van der Waals surface area contributed by atoms with Gasteiger partial charge in [0.1, 0.15) is 12.4 Å². The Morgan fingerprint density at radius 2 is 2.13 bits per heavy atom. The lowest BCUT2D eigenvalue weighted by Crippen LogP contribution is -2.41. The van der Waals surface area contributed by atoms with Crippen LogP contribution in [0.5, 0.6) is 5.75 Å². The quantitative estimate of drug-likeness (QED) is 0.850. The van der Waals surface area contributed by atoms with Crippen molar-refractivity contribution in [2.24, 2.45) is 5.92 Å². The molecule has 1 fully saturated rings. The van der Waals surface area contributed by atoms with Crippen molar-refractivity contribution in [3.8, 4) is 5.75 Å². The molecular formula is C16H24N2O4S. The van der Waals surface area contributed by atoms with Crippen molar-refractivity contribution >= 4 is 15.9 Å². The second-order valence-corrected chi connectivity index (χ2v) is 8.22. The van der Waals surface area contributed by atoms with Gasteiger partial charge in [-0.1, -0.05) is 18.2 Å². The summed E-state index contributed by atoms with van der Waals surface area (Å²) < 4.78 is 28.4. The first kappa shape index (κ1) is 17.6. The molecule has 1 saturated heterocycles. The molecule has 1 aromatic carbocycles. The minimum absolute atomic E-state index is 0.0283. The maximum Gasteiger partial charge on any atom is 0.317 e. The van der Waals surface area contributed by atoms with Crippen LogP contribution in [0.3, 0.4) is 0 Å². The zero-order chi connectivity index (χ0) is 16.9. The van der Waals surface area contributed by atoms with Gasteiger partial charge in [0.25, 0.3) is 0 Å². The highest BCUT2D eigenvalue weighted by molar-refractivity contribution is 7.91. The average molecular weight is 340 g/mol. The number of ether oxygens (including phenoxy) is 1. The molecule has 7 heteroatoms. The number of rotatable bonds is 6. The number of nitrogens with zero attached hydrogens (tertiary/aromatic N) is 1. The molecule has 1 unspecified atom stereocenters. The molecule has 23 heavy (non-hydrogen) atoms. The minimum atomic E-state index is -2.90. The summed E-state index contributed by atoms with van der Waals surface area (Å²) >= 11 is 0. The third-order valence-electron chi connectivity index (χ3n) is 3.99. The number of hydrogen-bond donors (Lipinski definition) is 1. The molecule has 0 radical (unpaired) electrons. The van der Waals surface area contributed by atoms with E-state index < -0.39 is 9.84 Å². The van der Waals surface area contributed by atoms with Crippen LogP contribution in [0.15, 0.2) is 24.3 Å². The van der Waals surface area contributed by atoms with Gasteiger partial charge in [0, 0.05) is 13.6 Å². The van der Waals surface area contributed by atoms with Crippen molar-refractivity contribution < 1.29 is 17.9 Å². The van der Waals surface area contributed by atoms with Gasteiger partial charge in [-0.25, -0.2) is 13.2 Å². The average Bonchev–Trinajstić information content (AvgIpc) is 2.86. The number of para-hydroxylation sites is 1. The van der Waals surface area contributed by atoms with E-state index >= 15 is 0 Å². The standard InChI is InChI=1S/C16H24N2O4S/c1-13-5-3-4-6-15(13)22-9-8-18(2)16(19)17-11-14-7-10-23(20,21)12-14/h3-6,14H,7-12H2,1-2H3,(H,17,19). The van der Waals surface area contributed by atoms with Gasteiger partial charge in [-0.2, -0.15) is 0 Å². The van der Waals surface area contributed by atoms with E-state index in [1.807, 2.05) is 31.2 Å². The highest BCUT2D eigenvalue weighted by Crippen LogP contribution is 2.17. The van der Waals surface area contributed by atoms with Crippen molar-refractivity contribution in [3.63, 3.8) is 0 Å². The molecule has 1 aliphatic heterocycles. The van der Waals surface area contributed by atoms with Crippen molar-refractivity contribution in [1.82, 2.24) is 10.2 Å². The predicted molar refractivity (Wildman–Crippen MR) is 89.5 cm³/mol. The van der Waals surface area contributed by atoms with Gasteiger partial charge in [0.2, 0.25) is 0 Å². The fourth-order valence-corrected chi connectivity index (χ4v) is 4.37. The monoisotopic (exact) mass is 340 g/mol. The number of carbonyl (C=O) groups is 1. The van der Waals surface area contributed by atoms with E-state index in [2.05, 4.69) is 5.32 Å². The van der Waals surface area contributed by atoms with Gasteiger partial charge < -0.3 is 15.0 Å². The van der Waals surface area contributed by atoms with Crippen LogP contribution in [0.1, 0.15) is 12.0 Å². The van der Waals surface area contributed by atoms with Crippen LogP contribution in [0, 0.1) is 12.8 Å². The van der Waals surface area contributed by atoms with E-state index in [0.29, 0.717) is 26.1 Å². The number of nitrogens with one attached hydrogen (secondary N) is 1. The van der Waals surface area contributed by atoms with Gasteiger partial charge in [-0.05, 0) is 30.9 Å². The third kappa shape index (κ3) is 5.42. The first-order valence-corrected chi connectivity index (χ1v) is 9.57. The van der Waals surface area contributed by atoms with Crippen LogP contribution in [0.25, 0.3) is 0 Å². The molecule has 6 nitrogen and oxygen atoms in total. The number of hydrogen-bond acceptors (Lipinski definition) is 4. The smallest absolute Gasteiger partial charge is 0.317 e. The van der Waals surface area contributed by atoms with Gasteiger partial charge in [-0.3, -0.25) is 0 Å². The largest absolute Gasteiger partial charge is 0.491 e. The summed E-state index contributed by atoms with van der Waals surface area (Å²) in [6.45, 7) is 3.25. The second-order valence-electron chi connectivity index (χ2n) is 5.99. The van der Waals surface area contributed by atoms with Crippen LogP contribution in [0.4, 0.5) is 4.79 Å². The number of benzene rings is 1. The van der Waals surface area contributed by atoms with Gasteiger partial charge in [0.15, 0.2) is 9.84 Å². The van der Waals surface area contributed by atoms with Gasteiger partial charge >= 0.3 is 6.03 Å². The summed E-state index contributed by atoms with van der Waals surface area (Å²) in [5, 5.41) is 2.79. The third-order valence-corrected chi connectivity index (χ3v) is 5.83. The van der Waals surface area contributed by atoms with E-state index in [9.17, 15) is 13.2 Å². The molecule has 0 saturated carbocycles. The second kappa shape index (κ2) is 7.68. The van der Waals surface area contributed by atoms with Crippen LogP contribution >= 0.6 is 0 Å².